The summed E-state index contributed by atoms with van der Waals surface area (Å²) in [5.74, 6) is 0. The molecule has 0 heterocycles. The lowest BCUT2D eigenvalue weighted by Crippen LogP contribution is -2.33. The highest BCUT2D eigenvalue weighted by Crippen LogP contribution is 1.67. The summed E-state index contributed by atoms with van der Waals surface area (Å²) in [6.07, 6.45) is 0. The lowest BCUT2D eigenvalue weighted by Gasteiger charge is -1.91. The number of hydrogen-bond donors (Lipinski definition) is 7. The molecule has 0 saturated heterocycles. The SMILES string of the molecule is N.N.N.O[Si](O)(O)O. The highest BCUT2D eigenvalue weighted by molar-refractivity contribution is 6.46. The van der Waals surface area contributed by atoms with Gasteiger partial charge in [-0.15, -0.1) is 0 Å². The number of rotatable bonds is 0. The van der Waals surface area contributed by atoms with Gasteiger partial charge in [-0.2, -0.15) is 0 Å². The van der Waals surface area contributed by atoms with Crippen molar-refractivity contribution < 1.29 is 19.2 Å². The van der Waals surface area contributed by atoms with Crippen LogP contribution in [0.3, 0.4) is 0 Å². The molecular formula is H13N3O4Si. The molecule has 0 aliphatic heterocycles. The molecule has 0 aliphatic rings. The van der Waals surface area contributed by atoms with Gasteiger partial charge in [0, 0.05) is 0 Å². The average Bonchev–Trinajstić information content (AvgIpc) is 0.722. The van der Waals surface area contributed by atoms with E-state index in [1.54, 1.807) is 0 Å². The van der Waals surface area contributed by atoms with Crippen molar-refractivity contribution in [3.63, 3.8) is 0 Å². The summed E-state index contributed by atoms with van der Waals surface area (Å²) < 4.78 is 0. The van der Waals surface area contributed by atoms with Crippen LogP contribution in [0.5, 0.6) is 0 Å². The molecule has 0 aliphatic carbocycles. The highest BCUT2D eigenvalue weighted by Gasteiger charge is 2.22. The maximum absolute atomic E-state index is 7.33. The van der Waals surface area contributed by atoms with Crippen molar-refractivity contribution >= 4 is 9.05 Å². The molecule has 0 spiro atoms. The molecule has 0 aromatic rings. The molecule has 0 radical (unpaired) electrons. The molecule has 0 fully saturated rings. The van der Waals surface area contributed by atoms with Crippen molar-refractivity contribution in [1.82, 2.24) is 18.5 Å². The molecule has 8 heteroatoms. The van der Waals surface area contributed by atoms with Crippen molar-refractivity contribution in [3.8, 4) is 0 Å². The van der Waals surface area contributed by atoms with E-state index in [-0.39, 0.29) is 18.5 Å². The summed E-state index contributed by atoms with van der Waals surface area (Å²) in [6.45, 7) is 0. The molecule has 0 bridgehead atoms. The third kappa shape index (κ3) is 36300. The normalized spacial score (nSPS) is 7.50. The van der Waals surface area contributed by atoms with Crippen LogP contribution in [-0.4, -0.2) is 28.2 Å². The molecule has 0 atom stereocenters. The Balaban J connectivity index is -0.0000000267. The molecule has 56 valence electrons. The zero-order valence-corrected chi connectivity index (χ0v) is 5.41. The molecule has 13 N–H and O–H groups in total. The third-order valence-electron chi connectivity index (χ3n) is 0. The maximum Gasteiger partial charge on any atom is 0.668 e. The first-order valence-corrected chi connectivity index (χ1v) is 2.68. The molecule has 7 nitrogen and oxygen atoms in total. The van der Waals surface area contributed by atoms with Crippen LogP contribution in [-0.2, 0) is 0 Å². The van der Waals surface area contributed by atoms with Crippen molar-refractivity contribution in [1.29, 1.82) is 0 Å². The zero-order valence-electron chi connectivity index (χ0n) is 4.41. The lowest BCUT2D eigenvalue weighted by molar-refractivity contribution is 0.117. The van der Waals surface area contributed by atoms with Crippen molar-refractivity contribution in [2.75, 3.05) is 0 Å². The standard InChI is InChI=1S/3H3N.H4O4Si/c;;;1-5(2,3)4/h3*1H3;1-4H. The van der Waals surface area contributed by atoms with Gasteiger partial charge in [-0.1, -0.05) is 0 Å². The Labute approximate surface area is 47.8 Å². The van der Waals surface area contributed by atoms with E-state index in [0.717, 1.165) is 0 Å². The van der Waals surface area contributed by atoms with Crippen molar-refractivity contribution in [2.24, 2.45) is 0 Å². The van der Waals surface area contributed by atoms with Crippen molar-refractivity contribution in [3.05, 3.63) is 0 Å². The first-order chi connectivity index (χ1) is 2.00. The predicted molar refractivity (Wildman–Crippen MR) is 29.7 cm³/mol. The van der Waals surface area contributed by atoms with Crippen LogP contribution in [0.2, 0.25) is 0 Å². The highest BCUT2D eigenvalue weighted by atomic mass is 28.4. The fraction of sp³-hybridized carbons (Fsp3) is 0. The van der Waals surface area contributed by atoms with Gasteiger partial charge in [-0.05, 0) is 0 Å². The summed E-state index contributed by atoms with van der Waals surface area (Å²) in [4.78, 5) is 29.3. The molecule has 0 aromatic heterocycles. The first-order valence-electron chi connectivity index (χ1n) is 0.894. The first kappa shape index (κ1) is 24.6. The molecule has 0 amide bonds. The van der Waals surface area contributed by atoms with Crippen LogP contribution in [0.1, 0.15) is 0 Å². The van der Waals surface area contributed by atoms with Crippen LogP contribution in [0.4, 0.5) is 0 Å². The predicted octanol–water partition coefficient (Wildman–Crippen LogP) is -2.12. The van der Waals surface area contributed by atoms with Crippen LogP contribution >= 0.6 is 0 Å². The molecular weight excluding hydrogens is 134 g/mol. The second-order valence-corrected chi connectivity index (χ2v) is 1.80. The van der Waals surface area contributed by atoms with Gasteiger partial charge in [0.2, 0.25) is 0 Å². The quantitative estimate of drug-likeness (QED) is 0.191. The largest absolute Gasteiger partial charge is 0.668 e. The summed E-state index contributed by atoms with van der Waals surface area (Å²) in [5, 5.41) is 0. The van der Waals surface area contributed by atoms with E-state index in [4.69, 9.17) is 19.2 Å². The average molecular weight is 147 g/mol. The fourth-order valence-electron chi connectivity index (χ4n) is 0. The summed E-state index contributed by atoms with van der Waals surface area (Å²) in [7, 11) is -4.61. The lowest BCUT2D eigenvalue weighted by atomic mass is 14.0. The minimum atomic E-state index is -4.61. The Morgan fingerprint density at radius 3 is 0.625 bits per heavy atom. The zero-order chi connectivity index (χ0) is 4.50. The molecule has 0 saturated carbocycles. The van der Waals surface area contributed by atoms with Gasteiger partial charge >= 0.3 is 9.05 Å². The number of hydrogen-bond acceptors (Lipinski definition) is 7. The van der Waals surface area contributed by atoms with Gasteiger partial charge in [0.1, 0.15) is 0 Å². The summed E-state index contributed by atoms with van der Waals surface area (Å²) in [6, 6.07) is 0. The monoisotopic (exact) mass is 147 g/mol. The Bertz CT molecular complexity index is 26.8. The minimum absolute atomic E-state index is 0. The smallest absolute Gasteiger partial charge is 0.368 e. The van der Waals surface area contributed by atoms with Gasteiger partial charge in [0.15, 0.2) is 0 Å². The van der Waals surface area contributed by atoms with E-state index in [2.05, 4.69) is 0 Å². The Hall–Kier alpha value is -0.0631. The van der Waals surface area contributed by atoms with Gasteiger partial charge in [0.05, 0.1) is 0 Å². The topological polar surface area (TPSA) is 186 Å². The van der Waals surface area contributed by atoms with E-state index in [0.29, 0.717) is 0 Å². The molecule has 8 heavy (non-hydrogen) atoms. The van der Waals surface area contributed by atoms with Crippen molar-refractivity contribution in [2.45, 2.75) is 0 Å². The van der Waals surface area contributed by atoms with E-state index in [1.165, 1.54) is 0 Å². The van der Waals surface area contributed by atoms with Gasteiger partial charge in [-0.3, -0.25) is 0 Å². The van der Waals surface area contributed by atoms with E-state index in [1.807, 2.05) is 0 Å². The van der Waals surface area contributed by atoms with Crippen LogP contribution in [0.25, 0.3) is 0 Å². The molecule has 0 unspecified atom stereocenters. The van der Waals surface area contributed by atoms with E-state index >= 15 is 0 Å². The second-order valence-electron chi connectivity index (χ2n) is 0.600. The van der Waals surface area contributed by atoms with Crippen LogP contribution in [0, 0.1) is 0 Å². The summed E-state index contributed by atoms with van der Waals surface area (Å²) in [5.41, 5.74) is 0. The van der Waals surface area contributed by atoms with E-state index < -0.39 is 9.05 Å². The summed E-state index contributed by atoms with van der Waals surface area (Å²) >= 11 is 0. The maximum atomic E-state index is 7.33. The van der Waals surface area contributed by atoms with E-state index in [9.17, 15) is 0 Å². The Morgan fingerprint density at radius 2 is 0.625 bits per heavy atom. The molecule has 0 rings (SSSR count). The van der Waals surface area contributed by atoms with Gasteiger partial charge < -0.3 is 37.6 Å². The Kier molecular flexibility index (Phi) is 21.4. The minimum Gasteiger partial charge on any atom is -0.368 e. The van der Waals surface area contributed by atoms with Crippen LogP contribution in [0.15, 0.2) is 0 Å². The second kappa shape index (κ2) is 6.94. The van der Waals surface area contributed by atoms with Gasteiger partial charge in [-0.25, -0.2) is 0 Å². The third-order valence-corrected chi connectivity index (χ3v) is 0. The van der Waals surface area contributed by atoms with Crippen LogP contribution < -0.4 is 18.5 Å². The Morgan fingerprint density at radius 1 is 0.625 bits per heavy atom. The molecule has 0 aromatic carbocycles. The van der Waals surface area contributed by atoms with Gasteiger partial charge in [0.25, 0.3) is 0 Å². The fourth-order valence-corrected chi connectivity index (χ4v) is 0.